The summed E-state index contributed by atoms with van der Waals surface area (Å²) in [4.78, 5) is 0. The molecule has 12 aliphatic rings. The van der Waals surface area contributed by atoms with E-state index in [1.807, 2.05) is 54.6 Å². The van der Waals surface area contributed by atoms with Crippen molar-refractivity contribution in [2.45, 2.75) is 75.5 Å². The molecule has 0 saturated carbocycles. The van der Waals surface area contributed by atoms with Crippen molar-refractivity contribution in [3.8, 4) is 0 Å². The third-order valence-electron chi connectivity index (χ3n) is 24.3. The lowest BCUT2D eigenvalue weighted by Gasteiger charge is -2.45. The fourth-order valence-electron chi connectivity index (χ4n) is 15.8. The molecule has 12 fully saturated rings. The number of rotatable bonds is 24. The SMILES string of the molecule is OCC1(CO)COC(c2cc(C3OCC(CO)(CO)CO3)cc(C3OCC4(CO3)COC(c3cc(C5OCC6(COC(c7cc(C8OCC(CO)(CO)CO8)cc(C8OCC(CO)(CO)CO8)c7)OC6)CO5)cc(C5OCC6(COC(c7cc(C8OCC(CO)(CO)CO8)cc(C8OCC(CO)(CO)CO8)c7)OC6)CO5)c3)OC4)c2)OC1. The molecule has 12 N–H and O–H groups in total. The van der Waals surface area contributed by atoms with Crippen molar-refractivity contribution in [1.82, 2.24) is 0 Å². The number of benzene rings is 4. The highest BCUT2D eigenvalue weighted by Crippen LogP contribution is 2.49. The second-order valence-corrected chi connectivity index (χ2v) is 34.6. The average molecular weight is 1660 g/mol. The Bertz CT molecular complexity index is 3280. The number of hydrogen-bond acceptors (Lipinski definition) is 36. The summed E-state index contributed by atoms with van der Waals surface area (Å²) in [7, 11) is 0. The van der Waals surface area contributed by atoms with Crippen molar-refractivity contribution in [3.05, 3.63) is 140 Å². The predicted molar refractivity (Wildman–Crippen MR) is 388 cm³/mol. The van der Waals surface area contributed by atoms with Gasteiger partial charge in [-0.05, 0) is 72.8 Å². The van der Waals surface area contributed by atoms with Crippen LogP contribution in [0.4, 0.5) is 0 Å². The van der Waals surface area contributed by atoms with Crippen molar-refractivity contribution in [2.75, 3.05) is 238 Å². The molecular formula is C81H108O36. The maximum atomic E-state index is 10.1. The van der Waals surface area contributed by atoms with E-state index >= 15 is 0 Å². The average Bonchev–Trinajstić information content (AvgIpc) is 0.776. The van der Waals surface area contributed by atoms with Gasteiger partial charge in [0.2, 0.25) is 0 Å². The fourth-order valence-corrected chi connectivity index (χ4v) is 15.8. The zero-order chi connectivity index (χ0) is 81.3. The summed E-state index contributed by atoms with van der Waals surface area (Å²) in [6.07, 6.45) is -11.0. The predicted octanol–water partition coefficient (Wildman–Crippen LogP) is 1.12. The van der Waals surface area contributed by atoms with Crippen LogP contribution in [0.25, 0.3) is 0 Å². The molecule has 0 atom stereocenters. The van der Waals surface area contributed by atoms with Crippen molar-refractivity contribution < 1.29 is 175 Å². The van der Waals surface area contributed by atoms with Gasteiger partial charge in [-0.3, -0.25) is 0 Å². The van der Waals surface area contributed by atoms with Gasteiger partial charge < -0.3 is 175 Å². The van der Waals surface area contributed by atoms with E-state index in [-0.39, 0.29) is 238 Å². The van der Waals surface area contributed by atoms with Gasteiger partial charge in [-0.15, -0.1) is 0 Å². The summed E-state index contributed by atoms with van der Waals surface area (Å²) in [6.45, 7) is -2.34. The molecular weight excluding hydrogens is 1550 g/mol. The van der Waals surface area contributed by atoms with Gasteiger partial charge in [0, 0.05) is 66.8 Å². The second-order valence-electron chi connectivity index (χ2n) is 34.6. The molecule has 0 unspecified atom stereocenters. The second kappa shape index (κ2) is 36.3. The fraction of sp³-hybridized carbons (Fsp3) is 0.704. The van der Waals surface area contributed by atoms with Crippen molar-refractivity contribution >= 4 is 0 Å². The van der Waals surface area contributed by atoms with Crippen LogP contribution in [-0.4, -0.2) is 299 Å². The smallest absolute Gasteiger partial charge is 0.183 e. The van der Waals surface area contributed by atoms with Gasteiger partial charge in [-0.2, -0.15) is 0 Å². The number of aliphatic hydroxyl groups excluding tert-OH is 12. The van der Waals surface area contributed by atoms with Crippen LogP contribution in [0.2, 0.25) is 0 Å². The minimum absolute atomic E-state index is 0.0150. The van der Waals surface area contributed by atoms with Gasteiger partial charge in [-0.25, -0.2) is 0 Å². The van der Waals surface area contributed by atoms with Crippen LogP contribution >= 0.6 is 0 Å². The molecule has 12 saturated heterocycles. The highest BCUT2D eigenvalue weighted by molar-refractivity contribution is 5.37. The van der Waals surface area contributed by atoms with E-state index < -0.39 is 124 Å². The van der Waals surface area contributed by atoms with E-state index in [1.54, 1.807) is 18.2 Å². The van der Waals surface area contributed by atoms with E-state index in [0.717, 1.165) is 0 Å². The first-order valence-electron chi connectivity index (χ1n) is 39.5. The van der Waals surface area contributed by atoms with E-state index in [9.17, 15) is 61.3 Å². The molecule has 0 aromatic heterocycles. The molecule has 0 bridgehead atoms. The molecule has 36 nitrogen and oxygen atoms in total. The molecule has 12 heterocycles. The van der Waals surface area contributed by atoms with E-state index in [4.69, 9.17) is 114 Å². The normalized spacial score (nSPS) is 32.2. The van der Waals surface area contributed by atoms with Crippen LogP contribution in [-0.2, 0) is 114 Å². The van der Waals surface area contributed by atoms with Gasteiger partial charge in [0.25, 0.3) is 0 Å². The molecule has 3 spiro atoms. The van der Waals surface area contributed by atoms with Crippen molar-refractivity contribution in [1.29, 1.82) is 0 Å². The number of hydrogen-bond donors (Lipinski definition) is 12. The zero-order valence-electron chi connectivity index (χ0n) is 65.0. The molecule has 648 valence electrons. The van der Waals surface area contributed by atoms with E-state index in [1.165, 1.54) is 0 Å². The highest BCUT2D eigenvalue weighted by atomic mass is 16.8. The monoisotopic (exact) mass is 1660 g/mol. The molecule has 0 aliphatic carbocycles. The zero-order valence-corrected chi connectivity index (χ0v) is 65.0. The molecule has 16 rings (SSSR count). The van der Waals surface area contributed by atoms with E-state index in [2.05, 4.69) is 0 Å². The lowest BCUT2D eigenvalue weighted by Crippen LogP contribution is -2.49. The summed E-state index contributed by atoms with van der Waals surface area (Å²) >= 11 is 0. The Morgan fingerprint density at radius 2 is 0.222 bits per heavy atom. The summed E-state index contributed by atoms with van der Waals surface area (Å²) in [6, 6.07) is 22.0. The van der Waals surface area contributed by atoms with Crippen LogP contribution in [0.3, 0.4) is 0 Å². The number of aliphatic hydroxyl groups is 12. The summed E-state index contributed by atoms with van der Waals surface area (Å²) in [5, 5.41) is 121. The van der Waals surface area contributed by atoms with Crippen molar-refractivity contribution in [2.24, 2.45) is 48.7 Å². The van der Waals surface area contributed by atoms with E-state index in [0.29, 0.717) is 66.8 Å². The number of ether oxygens (including phenoxy) is 24. The van der Waals surface area contributed by atoms with Gasteiger partial charge in [0.1, 0.15) is 0 Å². The minimum Gasteiger partial charge on any atom is -0.396 e. The Hall–Kier alpha value is -4.56. The Balaban J connectivity index is 0.611. The Kier molecular flexibility index (Phi) is 26.7. The Morgan fingerprint density at radius 3 is 0.299 bits per heavy atom. The summed E-state index contributed by atoms with van der Waals surface area (Å²) in [5.41, 5.74) is -1.37. The van der Waals surface area contributed by atoms with Gasteiger partial charge in [0.05, 0.1) is 287 Å². The molecule has 12 aliphatic heterocycles. The third-order valence-corrected chi connectivity index (χ3v) is 24.3. The summed E-state index contributed by atoms with van der Waals surface area (Å²) in [5.74, 6) is 0. The quantitative estimate of drug-likeness (QED) is 0.0467. The lowest BCUT2D eigenvalue weighted by atomic mass is 9.89. The maximum absolute atomic E-state index is 10.1. The standard InChI is InChI=1S/C81H108O36/c82-13-73(14-83)25-94-61(95-26-73)49-1-50(62-96-27-74(15-84,16-85)28-97-62)5-55(4-49)67-106-37-79(38-107-67)43-112-70(113-44-79)58-10-59(71-114-45-80(46-115-71)39-108-68(109-40-80)56-6-51(63-98-29-75(17-86,18-87)30-99-63)2-52(7-56)64-100-31-76(19-88,20-89)32-101-64)12-60(11-58)72-116-47-81(48-117-72)41-110-69(111-42-81)57-8-53(65-102-33-77(21-90,22-91)34-103-65)3-54(9-57)66-104-35-78(23-92,24-93)36-105-66/h1-12,61-72,82-93H,13-48H2. The first-order chi connectivity index (χ1) is 56.8. The van der Waals surface area contributed by atoms with Gasteiger partial charge in [-0.1, -0.05) is 0 Å². The molecule has 0 radical (unpaired) electrons. The van der Waals surface area contributed by atoms with Crippen LogP contribution in [0.15, 0.2) is 72.8 Å². The molecule has 36 heteroatoms. The Labute approximate surface area is 674 Å². The van der Waals surface area contributed by atoms with Gasteiger partial charge in [0.15, 0.2) is 75.5 Å². The first kappa shape index (κ1) is 86.0. The topological polar surface area (TPSA) is 464 Å². The minimum atomic E-state index is -0.993. The van der Waals surface area contributed by atoms with Crippen LogP contribution in [0, 0.1) is 48.7 Å². The van der Waals surface area contributed by atoms with Crippen LogP contribution < -0.4 is 0 Å². The van der Waals surface area contributed by atoms with Crippen LogP contribution in [0.1, 0.15) is 142 Å². The molecule has 0 amide bonds. The Morgan fingerprint density at radius 1 is 0.145 bits per heavy atom. The lowest BCUT2D eigenvalue weighted by molar-refractivity contribution is -0.309. The third kappa shape index (κ3) is 18.1. The first-order valence-corrected chi connectivity index (χ1v) is 39.5. The summed E-state index contributed by atoms with van der Waals surface area (Å²) < 4.78 is 153. The maximum Gasteiger partial charge on any atom is 0.183 e. The van der Waals surface area contributed by atoms with Crippen molar-refractivity contribution in [3.63, 3.8) is 0 Å². The molecule has 4 aromatic rings. The molecule has 117 heavy (non-hydrogen) atoms. The van der Waals surface area contributed by atoms with Crippen LogP contribution in [0.5, 0.6) is 0 Å². The highest BCUT2D eigenvalue weighted by Gasteiger charge is 2.51. The largest absolute Gasteiger partial charge is 0.396 e. The van der Waals surface area contributed by atoms with Gasteiger partial charge >= 0.3 is 0 Å². The molecule has 4 aromatic carbocycles.